The topological polar surface area (TPSA) is 57.5 Å². The Morgan fingerprint density at radius 2 is 1.79 bits per heavy atom. The van der Waals surface area contributed by atoms with Gasteiger partial charge in [-0.1, -0.05) is 0 Å². The molecule has 0 saturated heterocycles. The molecule has 0 amide bonds. The van der Waals surface area contributed by atoms with Gasteiger partial charge in [-0.05, 0) is 12.1 Å². The van der Waals surface area contributed by atoms with Crippen molar-refractivity contribution in [2.24, 2.45) is 0 Å². The van der Waals surface area contributed by atoms with Crippen LogP contribution in [0.15, 0.2) is 18.2 Å². The summed E-state index contributed by atoms with van der Waals surface area (Å²) < 4.78 is 35.7. The molecule has 2 N–H and O–H groups in total. The van der Waals surface area contributed by atoms with Crippen LogP contribution >= 0.6 is 0 Å². The van der Waals surface area contributed by atoms with Crippen molar-refractivity contribution < 1.29 is 28.2 Å². The Morgan fingerprint density at radius 1 is 1.21 bits per heavy atom. The molecule has 14 heavy (non-hydrogen) atoms. The van der Waals surface area contributed by atoms with Gasteiger partial charge in [0.05, 0.1) is 5.56 Å². The van der Waals surface area contributed by atoms with E-state index in [1.165, 1.54) is 0 Å². The Kier molecular flexibility index (Phi) is 2.37. The van der Waals surface area contributed by atoms with E-state index in [0.717, 1.165) is 6.07 Å². The van der Waals surface area contributed by atoms with Crippen molar-refractivity contribution in [3.05, 3.63) is 23.8 Å². The van der Waals surface area contributed by atoms with Crippen LogP contribution in [0.3, 0.4) is 0 Å². The Morgan fingerprint density at radius 3 is 2.21 bits per heavy atom. The number of hydrogen-bond donors (Lipinski definition) is 2. The van der Waals surface area contributed by atoms with Crippen molar-refractivity contribution in [1.29, 1.82) is 0 Å². The van der Waals surface area contributed by atoms with Gasteiger partial charge in [0.25, 0.3) is 5.78 Å². The molecule has 0 atom stereocenters. The standard InChI is InChI=1S/C8H5F3O3/c9-8(10,11)7(14)5-2-1-4(12)3-6(5)13/h1-3,12-13H. The summed E-state index contributed by atoms with van der Waals surface area (Å²) >= 11 is 0. The third-order valence-electron chi connectivity index (χ3n) is 1.48. The van der Waals surface area contributed by atoms with Gasteiger partial charge in [0, 0.05) is 6.07 Å². The predicted molar refractivity (Wildman–Crippen MR) is 40.2 cm³/mol. The number of rotatable bonds is 1. The van der Waals surface area contributed by atoms with Gasteiger partial charge in [0.2, 0.25) is 0 Å². The first-order chi connectivity index (χ1) is 6.32. The van der Waals surface area contributed by atoms with Gasteiger partial charge >= 0.3 is 6.18 Å². The summed E-state index contributed by atoms with van der Waals surface area (Å²) in [6, 6.07) is 2.26. The second kappa shape index (κ2) is 3.21. The zero-order valence-corrected chi connectivity index (χ0v) is 6.67. The van der Waals surface area contributed by atoms with E-state index in [1.807, 2.05) is 0 Å². The highest BCUT2D eigenvalue weighted by molar-refractivity contribution is 6.02. The second-order valence-corrected chi connectivity index (χ2v) is 2.53. The number of phenols is 2. The third-order valence-corrected chi connectivity index (χ3v) is 1.48. The number of carbonyl (C=O) groups is 1. The number of hydrogen-bond acceptors (Lipinski definition) is 3. The summed E-state index contributed by atoms with van der Waals surface area (Å²) in [4.78, 5) is 10.6. The van der Waals surface area contributed by atoms with E-state index in [-0.39, 0.29) is 0 Å². The minimum absolute atomic E-state index is 0.416. The lowest BCUT2D eigenvalue weighted by atomic mass is 10.1. The molecule has 0 radical (unpaired) electrons. The van der Waals surface area contributed by atoms with Crippen molar-refractivity contribution in [3.8, 4) is 11.5 Å². The number of benzene rings is 1. The minimum Gasteiger partial charge on any atom is -0.508 e. The van der Waals surface area contributed by atoms with Crippen LogP contribution in [0.5, 0.6) is 11.5 Å². The molecule has 3 nitrogen and oxygen atoms in total. The highest BCUT2D eigenvalue weighted by atomic mass is 19.4. The zero-order chi connectivity index (χ0) is 10.9. The summed E-state index contributed by atoms with van der Waals surface area (Å²) in [5.74, 6) is -3.46. The number of alkyl halides is 3. The predicted octanol–water partition coefficient (Wildman–Crippen LogP) is 1.84. The van der Waals surface area contributed by atoms with Crippen LogP contribution in [0.1, 0.15) is 10.4 Å². The van der Waals surface area contributed by atoms with E-state index in [1.54, 1.807) is 0 Å². The quantitative estimate of drug-likeness (QED) is 0.689. The number of phenolic OH excluding ortho intramolecular Hbond substituents is 2. The summed E-state index contributed by atoms with van der Waals surface area (Å²) in [5, 5.41) is 17.7. The Bertz CT molecular complexity index is 371. The second-order valence-electron chi connectivity index (χ2n) is 2.53. The van der Waals surface area contributed by atoms with Crippen molar-refractivity contribution in [2.75, 3.05) is 0 Å². The van der Waals surface area contributed by atoms with E-state index < -0.39 is 29.0 Å². The van der Waals surface area contributed by atoms with Gasteiger partial charge in [-0.25, -0.2) is 0 Å². The number of halogens is 3. The first kappa shape index (κ1) is 10.4. The maximum Gasteiger partial charge on any atom is 0.455 e. The fourth-order valence-electron chi connectivity index (χ4n) is 0.865. The Balaban J connectivity index is 3.15. The molecule has 76 valence electrons. The first-order valence-electron chi connectivity index (χ1n) is 3.46. The molecule has 0 aromatic heterocycles. The number of Topliss-reactive ketones (excluding diaryl/α,β-unsaturated/α-hetero) is 1. The summed E-state index contributed by atoms with van der Waals surface area (Å²) in [5.41, 5.74) is -0.879. The van der Waals surface area contributed by atoms with E-state index in [2.05, 4.69) is 0 Å². The van der Waals surface area contributed by atoms with Crippen LogP contribution in [0.4, 0.5) is 13.2 Å². The molecule has 0 aliphatic heterocycles. The van der Waals surface area contributed by atoms with E-state index in [9.17, 15) is 18.0 Å². The van der Waals surface area contributed by atoms with Crippen LogP contribution in [0, 0.1) is 0 Å². The smallest absolute Gasteiger partial charge is 0.455 e. The van der Waals surface area contributed by atoms with Gasteiger partial charge in [0.15, 0.2) is 0 Å². The summed E-state index contributed by atoms with van der Waals surface area (Å²) in [7, 11) is 0. The number of carbonyl (C=O) groups excluding carboxylic acids is 1. The van der Waals surface area contributed by atoms with Gasteiger partial charge in [-0.2, -0.15) is 13.2 Å². The van der Waals surface area contributed by atoms with Gasteiger partial charge in [0.1, 0.15) is 11.5 Å². The van der Waals surface area contributed by atoms with Crippen LogP contribution in [0.25, 0.3) is 0 Å². The highest BCUT2D eigenvalue weighted by Gasteiger charge is 2.40. The van der Waals surface area contributed by atoms with E-state index in [4.69, 9.17) is 10.2 Å². The van der Waals surface area contributed by atoms with Crippen molar-refractivity contribution in [2.45, 2.75) is 6.18 Å². The highest BCUT2D eigenvalue weighted by Crippen LogP contribution is 2.29. The number of ketones is 1. The molecular formula is C8H5F3O3. The molecule has 6 heteroatoms. The Labute approximate surface area is 76.4 Å². The SMILES string of the molecule is O=C(c1ccc(O)cc1O)C(F)(F)F. The number of aromatic hydroxyl groups is 2. The molecule has 0 heterocycles. The molecule has 0 bridgehead atoms. The maximum absolute atomic E-state index is 11.9. The average molecular weight is 206 g/mol. The lowest BCUT2D eigenvalue weighted by molar-refractivity contribution is -0.0886. The summed E-state index contributed by atoms with van der Waals surface area (Å²) in [6.07, 6.45) is -5.03. The monoisotopic (exact) mass is 206 g/mol. The molecule has 0 unspecified atom stereocenters. The van der Waals surface area contributed by atoms with Crippen LogP contribution in [-0.4, -0.2) is 22.2 Å². The average Bonchev–Trinajstić information content (AvgIpc) is 2.01. The lowest BCUT2D eigenvalue weighted by Crippen LogP contribution is -2.22. The van der Waals surface area contributed by atoms with Crippen molar-refractivity contribution in [3.63, 3.8) is 0 Å². The van der Waals surface area contributed by atoms with Gasteiger partial charge in [-0.15, -0.1) is 0 Å². The minimum atomic E-state index is -5.03. The molecule has 1 aromatic carbocycles. The molecule has 0 aliphatic rings. The molecule has 0 fully saturated rings. The molecule has 0 spiro atoms. The zero-order valence-electron chi connectivity index (χ0n) is 6.67. The molecule has 0 saturated carbocycles. The molecular weight excluding hydrogens is 201 g/mol. The van der Waals surface area contributed by atoms with Crippen LogP contribution < -0.4 is 0 Å². The normalized spacial score (nSPS) is 11.4. The van der Waals surface area contributed by atoms with Gasteiger partial charge in [-0.3, -0.25) is 4.79 Å². The fraction of sp³-hybridized carbons (Fsp3) is 0.125. The summed E-state index contributed by atoms with van der Waals surface area (Å²) in [6.45, 7) is 0. The van der Waals surface area contributed by atoms with E-state index >= 15 is 0 Å². The first-order valence-corrected chi connectivity index (χ1v) is 3.46. The maximum atomic E-state index is 11.9. The largest absolute Gasteiger partial charge is 0.508 e. The van der Waals surface area contributed by atoms with Crippen LogP contribution in [-0.2, 0) is 0 Å². The molecule has 1 aromatic rings. The van der Waals surface area contributed by atoms with Crippen molar-refractivity contribution >= 4 is 5.78 Å². The third kappa shape index (κ3) is 1.95. The van der Waals surface area contributed by atoms with Crippen molar-refractivity contribution in [1.82, 2.24) is 0 Å². The molecule has 0 aliphatic carbocycles. The molecule has 1 rings (SSSR count). The van der Waals surface area contributed by atoms with Crippen LogP contribution in [0.2, 0.25) is 0 Å². The van der Waals surface area contributed by atoms with E-state index in [0.29, 0.717) is 12.1 Å². The van der Waals surface area contributed by atoms with Gasteiger partial charge < -0.3 is 10.2 Å². The lowest BCUT2D eigenvalue weighted by Gasteiger charge is -2.06. The Hall–Kier alpha value is -1.72. The fourth-order valence-corrected chi connectivity index (χ4v) is 0.865.